The molecule has 4 nitrogen and oxygen atoms in total. The molecule has 17 heavy (non-hydrogen) atoms. The standard InChI is InChI=1S/C13H11N3O/c1-16-8-11(12-6-7-14-15-12)9-4-2-3-5-10(9)13(16)17/h2-8H,1H3,(H,14,15). The number of nitrogens with one attached hydrogen (secondary N) is 1. The van der Waals surface area contributed by atoms with Gasteiger partial charge in [0.15, 0.2) is 0 Å². The lowest BCUT2D eigenvalue weighted by molar-refractivity contribution is 0.873. The summed E-state index contributed by atoms with van der Waals surface area (Å²) in [5.74, 6) is 0. The van der Waals surface area contributed by atoms with Crippen LogP contribution in [0.15, 0.2) is 47.5 Å². The number of hydrogen-bond donors (Lipinski definition) is 1. The summed E-state index contributed by atoms with van der Waals surface area (Å²) in [6.07, 6.45) is 3.54. The van der Waals surface area contributed by atoms with E-state index in [0.29, 0.717) is 0 Å². The number of aromatic amines is 1. The number of H-pyrrole nitrogens is 1. The highest BCUT2D eigenvalue weighted by Crippen LogP contribution is 2.24. The van der Waals surface area contributed by atoms with E-state index < -0.39 is 0 Å². The van der Waals surface area contributed by atoms with Crippen molar-refractivity contribution in [3.05, 3.63) is 53.1 Å². The zero-order chi connectivity index (χ0) is 11.8. The van der Waals surface area contributed by atoms with Crippen molar-refractivity contribution in [2.24, 2.45) is 7.05 Å². The van der Waals surface area contributed by atoms with Crippen LogP contribution in [0.4, 0.5) is 0 Å². The van der Waals surface area contributed by atoms with Crippen molar-refractivity contribution in [1.82, 2.24) is 14.8 Å². The second-order valence-electron chi connectivity index (χ2n) is 3.97. The van der Waals surface area contributed by atoms with Crippen LogP contribution in [0.25, 0.3) is 22.0 Å². The molecule has 0 saturated carbocycles. The Labute approximate surface area is 97.5 Å². The molecule has 0 radical (unpaired) electrons. The zero-order valence-electron chi connectivity index (χ0n) is 9.34. The summed E-state index contributed by atoms with van der Waals surface area (Å²) in [4.78, 5) is 12.0. The second-order valence-corrected chi connectivity index (χ2v) is 3.97. The molecule has 4 heteroatoms. The van der Waals surface area contributed by atoms with E-state index in [0.717, 1.165) is 22.0 Å². The van der Waals surface area contributed by atoms with Crippen molar-refractivity contribution >= 4 is 10.8 Å². The molecular weight excluding hydrogens is 214 g/mol. The van der Waals surface area contributed by atoms with E-state index in [2.05, 4.69) is 10.2 Å². The van der Waals surface area contributed by atoms with Crippen LogP contribution in [-0.2, 0) is 7.05 Å². The van der Waals surface area contributed by atoms with Crippen LogP contribution in [-0.4, -0.2) is 14.8 Å². The highest BCUT2D eigenvalue weighted by Gasteiger charge is 2.08. The van der Waals surface area contributed by atoms with Gasteiger partial charge in [-0.3, -0.25) is 9.89 Å². The molecule has 2 heterocycles. The summed E-state index contributed by atoms with van der Waals surface area (Å²) in [7, 11) is 1.76. The van der Waals surface area contributed by atoms with Crippen molar-refractivity contribution in [3.63, 3.8) is 0 Å². The monoisotopic (exact) mass is 225 g/mol. The molecule has 3 rings (SSSR count). The summed E-state index contributed by atoms with van der Waals surface area (Å²) in [6.45, 7) is 0. The minimum atomic E-state index is 0.0175. The fourth-order valence-corrected chi connectivity index (χ4v) is 2.04. The second kappa shape index (κ2) is 3.59. The van der Waals surface area contributed by atoms with Crippen LogP contribution in [0.3, 0.4) is 0 Å². The van der Waals surface area contributed by atoms with Crippen molar-refractivity contribution in [2.75, 3.05) is 0 Å². The molecular formula is C13H11N3O. The highest BCUT2D eigenvalue weighted by atomic mass is 16.1. The number of hydrogen-bond acceptors (Lipinski definition) is 2. The lowest BCUT2D eigenvalue weighted by atomic mass is 10.1. The van der Waals surface area contributed by atoms with Crippen molar-refractivity contribution in [2.45, 2.75) is 0 Å². The maximum absolute atomic E-state index is 12.0. The van der Waals surface area contributed by atoms with Crippen molar-refractivity contribution < 1.29 is 0 Å². The van der Waals surface area contributed by atoms with Crippen LogP contribution < -0.4 is 5.56 Å². The van der Waals surface area contributed by atoms with Crippen LogP contribution in [0.5, 0.6) is 0 Å². The lowest BCUT2D eigenvalue weighted by Gasteiger charge is -2.07. The van der Waals surface area contributed by atoms with Gasteiger partial charge in [0.1, 0.15) is 0 Å². The molecule has 0 fully saturated rings. The van der Waals surface area contributed by atoms with Crippen LogP contribution >= 0.6 is 0 Å². The third-order valence-corrected chi connectivity index (χ3v) is 2.88. The van der Waals surface area contributed by atoms with Crippen molar-refractivity contribution in [1.29, 1.82) is 0 Å². The summed E-state index contributed by atoms with van der Waals surface area (Å²) < 4.78 is 1.60. The summed E-state index contributed by atoms with van der Waals surface area (Å²) in [5, 5.41) is 8.54. The Kier molecular flexibility index (Phi) is 2.08. The molecule has 3 aromatic rings. The Balaban J connectivity index is 2.48. The molecule has 1 aromatic carbocycles. The van der Waals surface area contributed by atoms with E-state index in [1.165, 1.54) is 0 Å². The summed E-state index contributed by atoms with van der Waals surface area (Å²) in [5.41, 5.74) is 1.92. The predicted octanol–water partition coefficient (Wildman–Crippen LogP) is 1.93. The van der Waals surface area contributed by atoms with Crippen molar-refractivity contribution in [3.8, 4) is 11.3 Å². The first-order chi connectivity index (χ1) is 8.27. The van der Waals surface area contributed by atoms with Gasteiger partial charge in [-0.1, -0.05) is 18.2 Å². The molecule has 1 N–H and O–H groups in total. The minimum Gasteiger partial charge on any atom is -0.317 e. The molecule has 0 saturated heterocycles. The van der Waals surface area contributed by atoms with E-state index in [9.17, 15) is 4.79 Å². The van der Waals surface area contributed by atoms with E-state index in [-0.39, 0.29) is 5.56 Å². The molecule has 0 aliphatic carbocycles. The van der Waals surface area contributed by atoms with Crippen LogP contribution in [0, 0.1) is 0 Å². The summed E-state index contributed by atoms with van der Waals surface area (Å²) in [6, 6.07) is 9.50. The quantitative estimate of drug-likeness (QED) is 0.688. The predicted molar refractivity (Wildman–Crippen MR) is 66.8 cm³/mol. The molecule has 0 unspecified atom stereocenters. The maximum Gasteiger partial charge on any atom is 0.258 e. The fraction of sp³-hybridized carbons (Fsp3) is 0.0769. The number of benzene rings is 1. The van der Waals surface area contributed by atoms with Gasteiger partial charge in [-0.2, -0.15) is 5.10 Å². The Morgan fingerprint density at radius 1 is 1.18 bits per heavy atom. The smallest absolute Gasteiger partial charge is 0.258 e. The molecule has 0 atom stereocenters. The fourth-order valence-electron chi connectivity index (χ4n) is 2.04. The first kappa shape index (κ1) is 9.84. The number of aryl methyl sites for hydroxylation is 1. The average Bonchev–Trinajstić information content (AvgIpc) is 2.87. The number of pyridine rings is 1. The molecule has 84 valence electrons. The summed E-state index contributed by atoms with van der Waals surface area (Å²) >= 11 is 0. The Morgan fingerprint density at radius 3 is 2.65 bits per heavy atom. The minimum absolute atomic E-state index is 0.0175. The number of rotatable bonds is 1. The van der Waals surface area contributed by atoms with Gasteiger partial charge in [-0.25, -0.2) is 0 Å². The number of fused-ring (bicyclic) bond motifs is 1. The third-order valence-electron chi connectivity index (χ3n) is 2.88. The van der Waals surface area contributed by atoms with E-state index in [4.69, 9.17) is 0 Å². The van der Waals surface area contributed by atoms with Gasteiger partial charge in [-0.05, 0) is 17.5 Å². The molecule has 0 bridgehead atoms. The van der Waals surface area contributed by atoms with Gasteiger partial charge in [0.05, 0.1) is 5.69 Å². The van der Waals surface area contributed by atoms with E-state index in [1.807, 2.05) is 36.5 Å². The van der Waals surface area contributed by atoms with Gasteiger partial charge in [0, 0.05) is 30.4 Å². The SMILES string of the molecule is Cn1cc(-c2ccn[nH]2)c2ccccc2c1=O. The molecule has 2 aromatic heterocycles. The lowest BCUT2D eigenvalue weighted by Crippen LogP contribution is -2.16. The normalized spacial score (nSPS) is 10.9. The molecule has 0 aliphatic rings. The maximum atomic E-state index is 12.0. The topological polar surface area (TPSA) is 50.7 Å². The van der Waals surface area contributed by atoms with E-state index in [1.54, 1.807) is 17.8 Å². The third kappa shape index (κ3) is 1.45. The highest BCUT2D eigenvalue weighted by molar-refractivity contribution is 5.94. The largest absolute Gasteiger partial charge is 0.317 e. The van der Waals surface area contributed by atoms with Gasteiger partial charge in [-0.15, -0.1) is 0 Å². The van der Waals surface area contributed by atoms with Gasteiger partial charge >= 0.3 is 0 Å². The average molecular weight is 225 g/mol. The van der Waals surface area contributed by atoms with Gasteiger partial charge in [0.2, 0.25) is 0 Å². The first-order valence-electron chi connectivity index (χ1n) is 5.35. The van der Waals surface area contributed by atoms with E-state index >= 15 is 0 Å². The Hall–Kier alpha value is -2.36. The Bertz CT molecular complexity index is 726. The number of aromatic nitrogens is 3. The van der Waals surface area contributed by atoms with Gasteiger partial charge in [0.25, 0.3) is 5.56 Å². The molecule has 0 amide bonds. The molecule has 0 spiro atoms. The Morgan fingerprint density at radius 2 is 1.94 bits per heavy atom. The molecule has 0 aliphatic heterocycles. The van der Waals surface area contributed by atoms with Crippen LogP contribution in [0.2, 0.25) is 0 Å². The number of nitrogens with zero attached hydrogens (tertiary/aromatic N) is 2. The van der Waals surface area contributed by atoms with Crippen LogP contribution in [0.1, 0.15) is 0 Å². The first-order valence-corrected chi connectivity index (χ1v) is 5.35. The zero-order valence-corrected chi connectivity index (χ0v) is 9.34. The van der Waals surface area contributed by atoms with Gasteiger partial charge < -0.3 is 4.57 Å².